The number of halogens is 2. The van der Waals surface area contributed by atoms with E-state index < -0.39 is 5.82 Å². The van der Waals surface area contributed by atoms with Gasteiger partial charge in [0.2, 0.25) is 0 Å². The second kappa shape index (κ2) is 6.55. The van der Waals surface area contributed by atoms with Crippen LogP contribution >= 0.6 is 0 Å². The first-order valence-electron chi connectivity index (χ1n) is 8.50. The van der Waals surface area contributed by atoms with Gasteiger partial charge in [-0.2, -0.15) is 0 Å². The summed E-state index contributed by atoms with van der Waals surface area (Å²) in [4.78, 5) is 18.7. The normalized spacial score (nSPS) is 20.4. The zero-order valence-electron chi connectivity index (χ0n) is 13.8. The first kappa shape index (κ1) is 16.2. The Morgan fingerprint density at radius 2 is 2.04 bits per heavy atom. The number of nitrogens with zero attached hydrogens (tertiary/aromatic N) is 3. The van der Waals surface area contributed by atoms with Gasteiger partial charge >= 0.3 is 0 Å². The van der Waals surface area contributed by atoms with Crippen molar-refractivity contribution in [2.45, 2.75) is 25.3 Å². The number of aryl methyl sites for hydroxylation is 1. The molecule has 2 aromatic rings. The molecule has 0 aliphatic carbocycles. The van der Waals surface area contributed by atoms with E-state index >= 15 is 0 Å². The highest BCUT2D eigenvalue weighted by Crippen LogP contribution is 2.31. The molecule has 1 amide bonds. The average molecular weight is 347 g/mol. The minimum absolute atomic E-state index is 0.0984. The zero-order chi connectivity index (χ0) is 17.4. The molecule has 1 unspecified atom stereocenters. The molecule has 0 spiro atoms. The molecule has 0 N–H and O–H groups in total. The van der Waals surface area contributed by atoms with Crippen LogP contribution in [0, 0.1) is 11.6 Å². The van der Waals surface area contributed by atoms with Crippen LogP contribution in [0.3, 0.4) is 0 Å². The number of aromatic nitrogens is 2. The third-order valence-corrected chi connectivity index (χ3v) is 4.91. The van der Waals surface area contributed by atoms with Gasteiger partial charge in [0, 0.05) is 38.2 Å². The van der Waals surface area contributed by atoms with Crippen LogP contribution in [0.5, 0.6) is 0 Å². The molecule has 132 valence electrons. The summed E-state index contributed by atoms with van der Waals surface area (Å²) in [6.07, 6.45) is 3.05. The van der Waals surface area contributed by atoms with E-state index in [1.165, 1.54) is 12.1 Å². The third-order valence-electron chi connectivity index (χ3n) is 4.91. The zero-order valence-corrected chi connectivity index (χ0v) is 13.8. The highest BCUT2D eigenvalue weighted by Gasteiger charge is 2.27. The minimum atomic E-state index is -0.434. The van der Waals surface area contributed by atoms with Crippen LogP contribution in [-0.2, 0) is 17.7 Å². The van der Waals surface area contributed by atoms with Crippen LogP contribution in [-0.4, -0.2) is 46.7 Å². The van der Waals surface area contributed by atoms with Crippen molar-refractivity contribution < 1.29 is 18.3 Å². The molecule has 3 heterocycles. The summed E-state index contributed by atoms with van der Waals surface area (Å²) < 4.78 is 34.7. The fourth-order valence-corrected chi connectivity index (χ4v) is 3.56. The van der Waals surface area contributed by atoms with E-state index in [4.69, 9.17) is 4.74 Å². The molecule has 5 nitrogen and oxygen atoms in total. The van der Waals surface area contributed by atoms with Crippen LogP contribution in [0.2, 0.25) is 0 Å². The van der Waals surface area contributed by atoms with Gasteiger partial charge in [0.25, 0.3) is 5.91 Å². The number of benzene rings is 1. The number of rotatable bonds is 2. The summed E-state index contributed by atoms with van der Waals surface area (Å²) in [7, 11) is 0. The Labute approximate surface area is 144 Å². The number of ether oxygens (including phenoxy) is 1. The van der Waals surface area contributed by atoms with Crippen molar-refractivity contribution in [3.8, 4) is 0 Å². The van der Waals surface area contributed by atoms with Crippen LogP contribution < -0.4 is 0 Å². The summed E-state index contributed by atoms with van der Waals surface area (Å²) in [6.45, 7) is 2.72. The molecule has 1 aromatic heterocycles. The molecule has 7 heteroatoms. The van der Waals surface area contributed by atoms with Crippen LogP contribution in [0.25, 0.3) is 0 Å². The van der Waals surface area contributed by atoms with E-state index in [-0.39, 0.29) is 17.6 Å². The van der Waals surface area contributed by atoms with Crippen molar-refractivity contribution in [1.29, 1.82) is 0 Å². The second-order valence-corrected chi connectivity index (χ2v) is 6.50. The molecule has 0 bridgehead atoms. The molecule has 1 atom stereocenters. The predicted molar refractivity (Wildman–Crippen MR) is 86.4 cm³/mol. The van der Waals surface area contributed by atoms with Crippen molar-refractivity contribution in [2.24, 2.45) is 0 Å². The number of hydrogen-bond acceptors (Lipinski definition) is 3. The van der Waals surface area contributed by atoms with Gasteiger partial charge in [-0.25, -0.2) is 13.8 Å². The van der Waals surface area contributed by atoms with Crippen LogP contribution in [0.15, 0.2) is 24.4 Å². The number of carbonyl (C=O) groups is 1. The largest absolute Gasteiger partial charge is 0.378 e. The van der Waals surface area contributed by atoms with E-state index in [1.807, 2.05) is 4.57 Å². The fourth-order valence-electron chi connectivity index (χ4n) is 3.56. The van der Waals surface area contributed by atoms with E-state index in [9.17, 15) is 13.6 Å². The van der Waals surface area contributed by atoms with Gasteiger partial charge in [-0.3, -0.25) is 4.79 Å². The van der Waals surface area contributed by atoms with Crippen molar-refractivity contribution >= 4 is 5.91 Å². The number of imidazole rings is 1. The SMILES string of the molecule is O=C(c1cn2c(n1)CCC(c1cc(F)ccc1F)C2)N1CCOCC1. The summed E-state index contributed by atoms with van der Waals surface area (Å²) in [5.41, 5.74) is 0.803. The summed E-state index contributed by atoms with van der Waals surface area (Å²) in [6, 6.07) is 3.56. The molecule has 1 saturated heterocycles. The van der Waals surface area contributed by atoms with Gasteiger partial charge in [0.1, 0.15) is 23.2 Å². The first-order chi connectivity index (χ1) is 12.1. The van der Waals surface area contributed by atoms with E-state index in [0.717, 1.165) is 11.9 Å². The quantitative estimate of drug-likeness (QED) is 0.838. The number of morpholine rings is 1. The third kappa shape index (κ3) is 3.16. The average Bonchev–Trinajstić information content (AvgIpc) is 3.07. The number of hydrogen-bond donors (Lipinski definition) is 0. The lowest BCUT2D eigenvalue weighted by molar-refractivity contribution is 0.0299. The Morgan fingerprint density at radius 1 is 1.24 bits per heavy atom. The smallest absolute Gasteiger partial charge is 0.274 e. The van der Waals surface area contributed by atoms with E-state index in [1.54, 1.807) is 11.1 Å². The van der Waals surface area contributed by atoms with Crippen molar-refractivity contribution in [1.82, 2.24) is 14.5 Å². The maximum Gasteiger partial charge on any atom is 0.274 e. The fraction of sp³-hybridized carbons (Fsp3) is 0.444. The van der Waals surface area contributed by atoms with Gasteiger partial charge < -0.3 is 14.2 Å². The highest BCUT2D eigenvalue weighted by atomic mass is 19.1. The molecule has 0 radical (unpaired) electrons. The Hall–Kier alpha value is -2.28. The molecular weight excluding hydrogens is 328 g/mol. The summed E-state index contributed by atoms with van der Waals surface area (Å²) in [5, 5.41) is 0. The van der Waals surface area contributed by atoms with Crippen molar-refractivity contribution in [3.05, 3.63) is 53.1 Å². The van der Waals surface area contributed by atoms with E-state index in [0.29, 0.717) is 56.9 Å². The van der Waals surface area contributed by atoms with Gasteiger partial charge in [-0.15, -0.1) is 0 Å². The number of amides is 1. The Kier molecular flexibility index (Phi) is 4.25. The lowest BCUT2D eigenvalue weighted by Crippen LogP contribution is -2.40. The standard InChI is InChI=1S/C18H19F2N3O2/c19-13-2-3-15(20)14(9-13)12-1-4-17-21-16(11-23(17)10-12)18(24)22-5-7-25-8-6-22/h2-3,9,11-12H,1,4-8,10H2. The Balaban J connectivity index is 1.54. The van der Waals surface area contributed by atoms with Crippen molar-refractivity contribution in [2.75, 3.05) is 26.3 Å². The van der Waals surface area contributed by atoms with Crippen molar-refractivity contribution in [3.63, 3.8) is 0 Å². The molecule has 0 saturated carbocycles. The maximum absolute atomic E-state index is 14.0. The van der Waals surface area contributed by atoms with Gasteiger partial charge in [-0.05, 0) is 30.2 Å². The van der Waals surface area contributed by atoms with E-state index in [2.05, 4.69) is 4.98 Å². The molecule has 1 fully saturated rings. The van der Waals surface area contributed by atoms with Gasteiger partial charge in [0.15, 0.2) is 0 Å². The molecule has 2 aliphatic rings. The first-order valence-corrected chi connectivity index (χ1v) is 8.50. The maximum atomic E-state index is 14.0. The molecule has 1 aromatic carbocycles. The monoisotopic (exact) mass is 347 g/mol. The minimum Gasteiger partial charge on any atom is -0.378 e. The molecular formula is C18H19F2N3O2. The lowest BCUT2D eigenvalue weighted by atomic mass is 9.91. The predicted octanol–water partition coefficient (Wildman–Crippen LogP) is 2.36. The van der Waals surface area contributed by atoms with Gasteiger partial charge in [0.05, 0.1) is 13.2 Å². The summed E-state index contributed by atoms with van der Waals surface area (Å²) in [5.74, 6) is -0.220. The number of fused-ring (bicyclic) bond motifs is 1. The van der Waals surface area contributed by atoms with Crippen LogP contribution in [0.4, 0.5) is 8.78 Å². The van der Waals surface area contributed by atoms with Gasteiger partial charge in [-0.1, -0.05) is 0 Å². The number of carbonyl (C=O) groups excluding carboxylic acids is 1. The molecule has 4 rings (SSSR count). The topological polar surface area (TPSA) is 47.4 Å². The Morgan fingerprint density at radius 3 is 2.84 bits per heavy atom. The molecule has 2 aliphatic heterocycles. The van der Waals surface area contributed by atoms with Crippen LogP contribution in [0.1, 0.15) is 34.2 Å². The summed E-state index contributed by atoms with van der Waals surface area (Å²) >= 11 is 0. The second-order valence-electron chi connectivity index (χ2n) is 6.50. The highest BCUT2D eigenvalue weighted by molar-refractivity contribution is 5.92. The Bertz CT molecular complexity index is 800. The molecule has 25 heavy (non-hydrogen) atoms. The lowest BCUT2D eigenvalue weighted by Gasteiger charge is -2.25.